The Bertz CT molecular complexity index is 506. The van der Waals surface area contributed by atoms with Gasteiger partial charge in [-0.25, -0.2) is 4.98 Å². The molecule has 7 heteroatoms. The Balaban J connectivity index is 2.01. The molecule has 0 atom stereocenters. The van der Waals surface area contributed by atoms with Crippen molar-refractivity contribution >= 4 is 28.2 Å². The Hall–Kier alpha value is -2.02. The Morgan fingerprint density at radius 1 is 1.65 bits per heavy atom. The maximum atomic E-state index is 11.8. The first-order valence-electron chi connectivity index (χ1n) is 4.95. The van der Waals surface area contributed by atoms with Crippen molar-refractivity contribution in [1.82, 2.24) is 10.3 Å². The summed E-state index contributed by atoms with van der Waals surface area (Å²) >= 11 is 1.21. The molecule has 90 valence electrons. The van der Waals surface area contributed by atoms with E-state index in [1.807, 2.05) is 0 Å². The van der Waals surface area contributed by atoms with Crippen LogP contribution in [-0.2, 0) is 6.54 Å². The molecule has 2 aromatic rings. The highest BCUT2D eigenvalue weighted by Crippen LogP contribution is 2.24. The zero-order valence-corrected chi connectivity index (χ0v) is 10.0. The number of nitrogens with one attached hydrogen (secondary N) is 2. The average molecular weight is 252 g/mol. The van der Waals surface area contributed by atoms with E-state index in [0.29, 0.717) is 22.3 Å². The third-order valence-corrected chi connectivity index (χ3v) is 3.16. The van der Waals surface area contributed by atoms with Gasteiger partial charge in [-0.15, -0.1) is 0 Å². The standard InChI is InChI=1S/C10H12N4O2S/c1-12-10-14-8(11)7(17-10)9(15)13-5-6-3-2-4-16-6/h2-4H,5,11H2,1H3,(H,12,14)(H,13,15). The first-order chi connectivity index (χ1) is 8.20. The predicted octanol–water partition coefficient (Wildman–Crippen LogP) is 1.29. The number of hydrogen-bond donors (Lipinski definition) is 3. The number of amides is 1. The molecule has 0 radical (unpaired) electrons. The zero-order valence-electron chi connectivity index (χ0n) is 9.19. The summed E-state index contributed by atoms with van der Waals surface area (Å²) in [5.41, 5.74) is 5.64. The number of nitrogens with zero attached hydrogens (tertiary/aromatic N) is 1. The second-order valence-electron chi connectivity index (χ2n) is 3.25. The zero-order chi connectivity index (χ0) is 12.3. The third kappa shape index (κ3) is 2.56. The summed E-state index contributed by atoms with van der Waals surface area (Å²) in [4.78, 5) is 16.2. The molecule has 0 aromatic carbocycles. The summed E-state index contributed by atoms with van der Waals surface area (Å²) in [6, 6.07) is 3.55. The Labute approximate surface area is 102 Å². The lowest BCUT2D eigenvalue weighted by molar-refractivity contribution is 0.0953. The highest BCUT2D eigenvalue weighted by Gasteiger charge is 2.15. The van der Waals surface area contributed by atoms with Gasteiger partial charge in [0.2, 0.25) is 0 Å². The molecule has 0 bridgehead atoms. The van der Waals surface area contributed by atoms with Crippen LogP contribution in [0.15, 0.2) is 22.8 Å². The number of carbonyl (C=O) groups excluding carboxylic acids is 1. The van der Waals surface area contributed by atoms with Gasteiger partial charge >= 0.3 is 0 Å². The van der Waals surface area contributed by atoms with E-state index in [1.54, 1.807) is 25.4 Å². The number of hydrogen-bond acceptors (Lipinski definition) is 6. The van der Waals surface area contributed by atoms with Crippen molar-refractivity contribution < 1.29 is 9.21 Å². The van der Waals surface area contributed by atoms with E-state index >= 15 is 0 Å². The molecule has 4 N–H and O–H groups in total. The fraction of sp³-hybridized carbons (Fsp3) is 0.200. The smallest absolute Gasteiger partial charge is 0.265 e. The van der Waals surface area contributed by atoms with Crippen molar-refractivity contribution in [3.63, 3.8) is 0 Å². The van der Waals surface area contributed by atoms with Crippen LogP contribution in [0.5, 0.6) is 0 Å². The predicted molar refractivity (Wildman–Crippen MR) is 66.0 cm³/mol. The molecule has 0 aliphatic carbocycles. The Kier molecular flexibility index (Phi) is 3.29. The van der Waals surface area contributed by atoms with E-state index in [2.05, 4.69) is 15.6 Å². The van der Waals surface area contributed by atoms with E-state index in [4.69, 9.17) is 10.2 Å². The molecule has 2 heterocycles. The number of nitrogens with two attached hydrogens (primary N) is 1. The molecule has 0 aliphatic heterocycles. The van der Waals surface area contributed by atoms with Crippen molar-refractivity contribution in [3.05, 3.63) is 29.0 Å². The lowest BCUT2D eigenvalue weighted by Gasteiger charge is -2.00. The minimum Gasteiger partial charge on any atom is -0.467 e. The van der Waals surface area contributed by atoms with Gasteiger partial charge in [0, 0.05) is 7.05 Å². The average Bonchev–Trinajstić information content (AvgIpc) is 2.94. The van der Waals surface area contributed by atoms with Crippen LogP contribution in [-0.4, -0.2) is 17.9 Å². The summed E-state index contributed by atoms with van der Waals surface area (Å²) < 4.78 is 5.11. The van der Waals surface area contributed by atoms with Gasteiger partial charge in [0.25, 0.3) is 5.91 Å². The first kappa shape index (κ1) is 11.5. The van der Waals surface area contributed by atoms with Gasteiger partial charge in [-0.2, -0.15) is 0 Å². The van der Waals surface area contributed by atoms with Crippen molar-refractivity contribution in [3.8, 4) is 0 Å². The van der Waals surface area contributed by atoms with Crippen molar-refractivity contribution in [2.45, 2.75) is 6.54 Å². The van der Waals surface area contributed by atoms with Crippen LogP contribution < -0.4 is 16.4 Å². The largest absolute Gasteiger partial charge is 0.467 e. The molecule has 0 spiro atoms. The van der Waals surface area contributed by atoms with E-state index in [0.717, 1.165) is 0 Å². The maximum absolute atomic E-state index is 11.8. The van der Waals surface area contributed by atoms with Gasteiger partial charge in [-0.05, 0) is 12.1 Å². The quantitative estimate of drug-likeness (QED) is 0.762. The first-order valence-corrected chi connectivity index (χ1v) is 5.77. The number of nitrogen functional groups attached to an aromatic ring is 1. The summed E-state index contributed by atoms with van der Waals surface area (Å²) in [5.74, 6) is 0.671. The molecule has 0 fully saturated rings. The summed E-state index contributed by atoms with van der Waals surface area (Å²) in [6.07, 6.45) is 1.56. The molecular formula is C10H12N4O2S. The number of aromatic nitrogens is 1. The number of furan rings is 1. The SMILES string of the molecule is CNc1nc(N)c(C(=O)NCc2ccco2)s1. The molecule has 17 heavy (non-hydrogen) atoms. The summed E-state index contributed by atoms with van der Waals surface area (Å²) in [6.45, 7) is 0.331. The molecule has 6 nitrogen and oxygen atoms in total. The normalized spacial score (nSPS) is 10.2. The van der Waals surface area contributed by atoms with E-state index in [-0.39, 0.29) is 11.7 Å². The highest BCUT2D eigenvalue weighted by atomic mass is 32.1. The van der Waals surface area contributed by atoms with Crippen LogP contribution in [0.2, 0.25) is 0 Å². The number of thiazole rings is 1. The van der Waals surface area contributed by atoms with Gasteiger partial charge < -0.3 is 20.8 Å². The Morgan fingerprint density at radius 2 is 2.47 bits per heavy atom. The number of anilines is 2. The lowest BCUT2D eigenvalue weighted by Crippen LogP contribution is -2.22. The van der Waals surface area contributed by atoms with E-state index in [1.165, 1.54) is 11.3 Å². The lowest BCUT2D eigenvalue weighted by atomic mass is 10.4. The molecule has 0 aliphatic rings. The highest BCUT2D eigenvalue weighted by molar-refractivity contribution is 7.18. The second-order valence-corrected chi connectivity index (χ2v) is 4.24. The van der Waals surface area contributed by atoms with Crippen LogP contribution in [0.1, 0.15) is 15.4 Å². The van der Waals surface area contributed by atoms with Gasteiger partial charge in [0.05, 0.1) is 12.8 Å². The summed E-state index contributed by atoms with van der Waals surface area (Å²) in [5, 5.41) is 6.17. The molecular weight excluding hydrogens is 240 g/mol. The number of carbonyl (C=O) groups is 1. The van der Waals surface area contributed by atoms with Crippen LogP contribution in [0.25, 0.3) is 0 Å². The Morgan fingerprint density at radius 3 is 3.06 bits per heavy atom. The van der Waals surface area contributed by atoms with Gasteiger partial charge in [0.15, 0.2) is 5.13 Å². The van der Waals surface area contributed by atoms with Gasteiger partial charge in [-0.3, -0.25) is 4.79 Å². The van der Waals surface area contributed by atoms with Gasteiger partial charge in [0.1, 0.15) is 16.5 Å². The van der Waals surface area contributed by atoms with Crippen LogP contribution >= 0.6 is 11.3 Å². The molecule has 0 unspecified atom stereocenters. The van der Waals surface area contributed by atoms with Crippen molar-refractivity contribution in [2.75, 3.05) is 18.1 Å². The maximum Gasteiger partial charge on any atom is 0.265 e. The molecule has 1 amide bonds. The number of rotatable bonds is 4. The fourth-order valence-corrected chi connectivity index (χ4v) is 2.02. The fourth-order valence-electron chi connectivity index (χ4n) is 1.26. The summed E-state index contributed by atoms with van der Waals surface area (Å²) in [7, 11) is 1.73. The topological polar surface area (TPSA) is 93.2 Å². The van der Waals surface area contributed by atoms with E-state index < -0.39 is 0 Å². The minimum atomic E-state index is -0.252. The minimum absolute atomic E-state index is 0.233. The third-order valence-electron chi connectivity index (χ3n) is 2.08. The van der Waals surface area contributed by atoms with Crippen LogP contribution in [0, 0.1) is 0 Å². The monoisotopic (exact) mass is 252 g/mol. The molecule has 0 saturated heterocycles. The molecule has 2 aromatic heterocycles. The van der Waals surface area contributed by atoms with Gasteiger partial charge in [-0.1, -0.05) is 11.3 Å². The molecule has 0 saturated carbocycles. The van der Waals surface area contributed by atoms with Crippen LogP contribution in [0.3, 0.4) is 0 Å². The van der Waals surface area contributed by atoms with Crippen molar-refractivity contribution in [2.24, 2.45) is 0 Å². The molecule has 2 rings (SSSR count). The van der Waals surface area contributed by atoms with E-state index in [9.17, 15) is 4.79 Å². The van der Waals surface area contributed by atoms with Crippen molar-refractivity contribution in [1.29, 1.82) is 0 Å². The second kappa shape index (κ2) is 4.88. The van der Waals surface area contributed by atoms with Crippen LogP contribution in [0.4, 0.5) is 10.9 Å².